The van der Waals surface area contributed by atoms with E-state index >= 15 is 0 Å². The molecule has 1 saturated heterocycles. The third-order valence-corrected chi connectivity index (χ3v) is 6.51. The molecule has 2 heterocycles. The Bertz CT molecular complexity index is 1320. The fourth-order valence-corrected chi connectivity index (χ4v) is 4.78. The minimum Gasteiger partial charge on any atom is -0.493 e. The Kier molecular flexibility index (Phi) is 6.91. The SMILES string of the molecule is O=C(O)c1ccccc1CCOc1cccc(CN2CCC(Nc3cccc4cnccc34)C2)c1. The largest absolute Gasteiger partial charge is 0.493 e. The first-order valence-corrected chi connectivity index (χ1v) is 12.0. The van der Waals surface area contributed by atoms with Gasteiger partial charge in [-0.25, -0.2) is 4.79 Å². The summed E-state index contributed by atoms with van der Waals surface area (Å²) in [6, 6.07) is 24.0. The Morgan fingerprint density at radius 2 is 1.97 bits per heavy atom. The van der Waals surface area contributed by atoms with Crippen LogP contribution in [0.2, 0.25) is 0 Å². The third-order valence-electron chi connectivity index (χ3n) is 6.51. The van der Waals surface area contributed by atoms with Crippen LogP contribution in [-0.4, -0.2) is 46.7 Å². The quantitative estimate of drug-likeness (QED) is 0.351. The van der Waals surface area contributed by atoms with Gasteiger partial charge in [0.25, 0.3) is 0 Å². The Labute approximate surface area is 205 Å². The molecule has 1 fully saturated rings. The zero-order valence-electron chi connectivity index (χ0n) is 19.6. The van der Waals surface area contributed by atoms with E-state index in [1.54, 1.807) is 12.1 Å². The number of carboxylic acid groups (broad SMARTS) is 1. The van der Waals surface area contributed by atoms with Gasteiger partial charge in [-0.1, -0.05) is 42.5 Å². The molecule has 0 aliphatic carbocycles. The van der Waals surface area contributed by atoms with E-state index in [1.807, 2.05) is 36.7 Å². The molecule has 6 heteroatoms. The molecule has 1 aliphatic rings. The van der Waals surface area contributed by atoms with Crippen molar-refractivity contribution in [2.75, 3.05) is 25.0 Å². The van der Waals surface area contributed by atoms with Gasteiger partial charge in [0.1, 0.15) is 5.75 Å². The van der Waals surface area contributed by atoms with E-state index in [9.17, 15) is 9.90 Å². The highest BCUT2D eigenvalue weighted by molar-refractivity contribution is 5.93. The van der Waals surface area contributed by atoms with Crippen molar-refractivity contribution in [3.63, 3.8) is 0 Å². The van der Waals surface area contributed by atoms with Gasteiger partial charge in [-0.3, -0.25) is 9.88 Å². The maximum Gasteiger partial charge on any atom is 0.335 e. The molecular weight excluding hydrogens is 438 g/mol. The van der Waals surface area contributed by atoms with Crippen molar-refractivity contribution in [3.05, 3.63) is 102 Å². The maximum atomic E-state index is 11.4. The van der Waals surface area contributed by atoms with Crippen LogP contribution in [0.15, 0.2) is 85.2 Å². The number of carboxylic acids is 1. The summed E-state index contributed by atoms with van der Waals surface area (Å²) in [5, 5.41) is 15.4. The second kappa shape index (κ2) is 10.6. The molecule has 1 atom stereocenters. The number of nitrogens with one attached hydrogen (secondary N) is 1. The standard InChI is InChI=1S/C29H29N3O3/c33-29(34)27-9-2-1-6-22(27)13-16-35-25-8-3-5-21(17-25)19-32-15-12-24(20-32)31-28-10-4-7-23-18-30-14-11-26(23)28/h1-11,14,17-18,24,31H,12-13,15-16,19-20H2,(H,33,34). The highest BCUT2D eigenvalue weighted by Crippen LogP contribution is 2.25. The number of ether oxygens (including phenoxy) is 1. The van der Waals surface area contributed by atoms with E-state index in [1.165, 1.54) is 10.9 Å². The minimum atomic E-state index is -0.904. The van der Waals surface area contributed by atoms with Gasteiger partial charge in [0.05, 0.1) is 12.2 Å². The van der Waals surface area contributed by atoms with Crippen LogP contribution in [0.25, 0.3) is 10.8 Å². The first-order valence-electron chi connectivity index (χ1n) is 12.0. The lowest BCUT2D eigenvalue weighted by molar-refractivity contribution is 0.0695. The van der Waals surface area contributed by atoms with Gasteiger partial charge in [0.15, 0.2) is 0 Å². The van der Waals surface area contributed by atoms with Gasteiger partial charge in [-0.05, 0) is 47.9 Å². The van der Waals surface area contributed by atoms with Crippen molar-refractivity contribution >= 4 is 22.4 Å². The fraction of sp³-hybridized carbons (Fsp3) is 0.241. The topological polar surface area (TPSA) is 74.7 Å². The number of pyridine rings is 1. The molecule has 178 valence electrons. The molecule has 6 nitrogen and oxygen atoms in total. The van der Waals surface area contributed by atoms with E-state index in [4.69, 9.17) is 4.74 Å². The number of fused-ring (bicyclic) bond motifs is 1. The number of nitrogens with zero attached hydrogens (tertiary/aromatic N) is 2. The summed E-state index contributed by atoms with van der Waals surface area (Å²) in [5.41, 5.74) is 3.50. The van der Waals surface area contributed by atoms with Crippen LogP contribution in [0.5, 0.6) is 5.75 Å². The molecule has 1 aromatic heterocycles. The molecule has 2 N–H and O–H groups in total. The second-order valence-electron chi connectivity index (χ2n) is 8.98. The fourth-order valence-electron chi connectivity index (χ4n) is 4.78. The number of carbonyl (C=O) groups is 1. The summed E-state index contributed by atoms with van der Waals surface area (Å²) in [6.07, 6.45) is 5.40. The van der Waals surface area contributed by atoms with Crippen LogP contribution in [0.3, 0.4) is 0 Å². The van der Waals surface area contributed by atoms with Crippen LogP contribution < -0.4 is 10.1 Å². The molecule has 1 unspecified atom stereocenters. The van der Waals surface area contributed by atoms with Crippen molar-refractivity contribution < 1.29 is 14.6 Å². The molecule has 4 aromatic rings. The van der Waals surface area contributed by atoms with E-state index < -0.39 is 5.97 Å². The van der Waals surface area contributed by atoms with Crippen LogP contribution in [0.4, 0.5) is 5.69 Å². The first kappa shape index (κ1) is 22.9. The number of hydrogen-bond donors (Lipinski definition) is 2. The first-order chi connectivity index (χ1) is 17.2. The molecule has 0 spiro atoms. The number of rotatable bonds is 9. The maximum absolute atomic E-state index is 11.4. The van der Waals surface area contributed by atoms with Crippen molar-refractivity contribution in [1.29, 1.82) is 0 Å². The molecular formula is C29H29N3O3. The molecule has 35 heavy (non-hydrogen) atoms. The Balaban J connectivity index is 1.15. The number of aromatic carboxylic acids is 1. The lowest BCUT2D eigenvalue weighted by atomic mass is 10.1. The van der Waals surface area contributed by atoms with Crippen molar-refractivity contribution in [3.8, 4) is 5.75 Å². The van der Waals surface area contributed by atoms with Crippen molar-refractivity contribution in [1.82, 2.24) is 9.88 Å². The van der Waals surface area contributed by atoms with Gasteiger partial charge in [-0.15, -0.1) is 0 Å². The highest BCUT2D eigenvalue weighted by Gasteiger charge is 2.23. The van der Waals surface area contributed by atoms with Gasteiger partial charge < -0.3 is 15.2 Å². The third kappa shape index (κ3) is 5.61. The lowest BCUT2D eigenvalue weighted by Crippen LogP contribution is -2.26. The van der Waals surface area contributed by atoms with Gasteiger partial charge >= 0.3 is 5.97 Å². The van der Waals surface area contributed by atoms with Crippen molar-refractivity contribution in [2.45, 2.75) is 25.4 Å². The molecule has 0 bridgehead atoms. The predicted molar refractivity (Wildman–Crippen MR) is 138 cm³/mol. The zero-order valence-corrected chi connectivity index (χ0v) is 19.6. The smallest absolute Gasteiger partial charge is 0.335 e. The van der Waals surface area contributed by atoms with Crippen LogP contribution in [-0.2, 0) is 13.0 Å². The molecule has 5 rings (SSSR count). The summed E-state index contributed by atoms with van der Waals surface area (Å²) >= 11 is 0. The number of anilines is 1. The summed E-state index contributed by atoms with van der Waals surface area (Å²) in [6.45, 7) is 3.33. The summed E-state index contributed by atoms with van der Waals surface area (Å²) < 4.78 is 5.96. The Morgan fingerprint density at radius 1 is 1.09 bits per heavy atom. The lowest BCUT2D eigenvalue weighted by Gasteiger charge is -2.19. The summed E-state index contributed by atoms with van der Waals surface area (Å²) in [5.74, 6) is -0.0907. The van der Waals surface area contributed by atoms with E-state index in [0.717, 1.165) is 48.4 Å². The Hall–Kier alpha value is -3.90. The molecule has 0 radical (unpaired) electrons. The number of hydrogen-bond acceptors (Lipinski definition) is 5. The van der Waals surface area contributed by atoms with Gasteiger partial charge in [-0.2, -0.15) is 0 Å². The molecule has 3 aromatic carbocycles. The average molecular weight is 468 g/mol. The van der Waals surface area contributed by atoms with Gasteiger partial charge in [0, 0.05) is 61.0 Å². The molecule has 1 aliphatic heterocycles. The second-order valence-corrected chi connectivity index (χ2v) is 8.98. The Morgan fingerprint density at radius 3 is 2.89 bits per heavy atom. The summed E-state index contributed by atoms with van der Waals surface area (Å²) in [7, 11) is 0. The van der Waals surface area contributed by atoms with E-state index in [-0.39, 0.29) is 0 Å². The van der Waals surface area contributed by atoms with Crippen LogP contribution in [0, 0.1) is 0 Å². The summed E-state index contributed by atoms with van der Waals surface area (Å²) in [4.78, 5) is 18.1. The van der Waals surface area contributed by atoms with Crippen molar-refractivity contribution in [2.24, 2.45) is 0 Å². The normalized spacial score (nSPS) is 15.8. The van der Waals surface area contributed by atoms with Crippen LogP contribution >= 0.6 is 0 Å². The molecule has 0 saturated carbocycles. The zero-order chi connectivity index (χ0) is 24.0. The van der Waals surface area contributed by atoms with Gasteiger partial charge in [0.2, 0.25) is 0 Å². The minimum absolute atomic E-state index is 0.335. The highest BCUT2D eigenvalue weighted by atomic mass is 16.5. The average Bonchev–Trinajstić information content (AvgIpc) is 3.31. The number of aromatic nitrogens is 1. The van der Waals surface area contributed by atoms with E-state index in [0.29, 0.717) is 24.6 Å². The monoisotopic (exact) mass is 467 g/mol. The molecule has 0 amide bonds. The van der Waals surface area contributed by atoms with Crippen LogP contribution in [0.1, 0.15) is 27.9 Å². The number of likely N-dealkylation sites (tertiary alicyclic amines) is 1. The predicted octanol–water partition coefficient (Wildman–Crippen LogP) is 5.24. The van der Waals surface area contributed by atoms with E-state index in [2.05, 4.69) is 51.6 Å². The number of benzene rings is 3.